The van der Waals surface area contributed by atoms with E-state index in [1.165, 1.54) is 18.4 Å². The van der Waals surface area contributed by atoms with Crippen molar-refractivity contribution in [3.63, 3.8) is 0 Å². The second-order valence-corrected chi connectivity index (χ2v) is 6.15. The van der Waals surface area contributed by atoms with Gasteiger partial charge in [0.1, 0.15) is 6.04 Å². The van der Waals surface area contributed by atoms with Crippen molar-refractivity contribution < 1.29 is 14.3 Å². The van der Waals surface area contributed by atoms with Crippen LogP contribution in [0.3, 0.4) is 0 Å². The maximum Gasteiger partial charge on any atom is 0.328 e. The normalized spacial score (nSPS) is 12.6. The monoisotopic (exact) mass is 309 g/mol. The van der Waals surface area contributed by atoms with E-state index in [9.17, 15) is 9.59 Å². The number of esters is 1. The van der Waals surface area contributed by atoms with E-state index in [1.807, 2.05) is 36.0 Å². The van der Waals surface area contributed by atoms with Crippen molar-refractivity contribution in [2.75, 3.05) is 7.11 Å². The number of nitrogens with one attached hydrogen (secondary N) is 1. The van der Waals surface area contributed by atoms with Crippen LogP contribution >= 0.6 is 11.3 Å². The zero-order valence-electron chi connectivity index (χ0n) is 12.3. The van der Waals surface area contributed by atoms with Gasteiger partial charge in [0.25, 0.3) is 0 Å². The van der Waals surface area contributed by atoms with Gasteiger partial charge in [-0.2, -0.15) is 0 Å². The van der Waals surface area contributed by atoms with E-state index in [0.29, 0.717) is 12.1 Å². The third kappa shape index (κ3) is 4.04. The Bertz CT molecular complexity index is 604. The molecule has 6 nitrogen and oxygen atoms in total. The molecule has 2 rings (SSSR count). The molecule has 2 heterocycles. The van der Waals surface area contributed by atoms with E-state index >= 15 is 0 Å². The molecule has 0 spiro atoms. The molecule has 1 unspecified atom stereocenters. The maximum absolute atomic E-state index is 12.1. The largest absolute Gasteiger partial charge is 0.467 e. The Balaban J connectivity index is 1.98. The molecular formula is C14H19N3O3S. The molecule has 1 atom stereocenters. The van der Waals surface area contributed by atoms with Crippen LogP contribution in [0.25, 0.3) is 4.96 Å². The summed E-state index contributed by atoms with van der Waals surface area (Å²) >= 11 is 1.51. The number of amides is 1. The third-order valence-electron chi connectivity index (χ3n) is 3.01. The second-order valence-electron chi connectivity index (χ2n) is 5.27. The first kappa shape index (κ1) is 15.5. The van der Waals surface area contributed by atoms with Crippen molar-refractivity contribution in [2.24, 2.45) is 5.92 Å². The first-order valence-corrected chi connectivity index (χ1v) is 7.65. The molecule has 1 amide bonds. The SMILES string of the molecule is COC(=O)C(CC(C)C)NC(=O)Cc1cn2ccsc2n1. The number of hydrogen-bond donors (Lipinski definition) is 1. The number of carbonyl (C=O) groups excluding carboxylic acids is 2. The summed E-state index contributed by atoms with van der Waals surface area (Å²) < 4.78 is 6.60. The minimum absolute atomic E-state index is 0.153. The minimum Gasteiger partial charge on any atom is -0.467 e. The summed E-state index contributed by atoms with van der Waals surface area (Å²) in [6.07, 6.45) is 4.42. The Hall–Kier alpha value is -1.89. The van der Waals surface area contributed by atoms with Gasteiger partial charge < -0.3 is 10.1 Å². The van der Waals surface area contributed by atoms with E-state index in [2.05, 4.69) is 10.3 Å². The Morgan fingerprint density at radius 2 is 2.24 bits per heavy atom. The van der Waals surface area contributed by atoms with E-state index in [1.54, 1.807) is 0 Å². The summed E-state index contributed by atoms with van der Waals surface area (Å²) in [7, 11) is 1.32. The molecule has 21 heavy (non-hydrogen) atoms. The summed E-state index contributed by atoms with van der Waals surface area (Å²) in [6.45, 7) is 3.98. The Labute approximate surface area is 127 Å². The van der Waals surface area contributed by atoms with Gasteiger partial charge in [0.05, 0.1) is 19.2 Å². The highest BCUT2D eigenvalue weighted by Gasteiger charge is 2.23. The van der Waals surface area contributed by atoms with Crippen molar-refractivity contribution in [3.05, 3.63) is 23.5 Å². The van der Waals surface area contributed by atoms with E-state index in [0.717, 1.165) is 4.96 Å². The second kappa shape index (κ2) is 6.71. The van der Waals surface area contributed by atoms with Gasteiger partial charge in [0.2, 0.25) is 5.91 Å². The molecule has 0 aromatic carbocycles. The summed E-state index contributed by atoms with van der Waals surface area (Å²) in [4.78, 5) is 28.9. The van der Waals surface area contributed by atoms with Gasteiger partial charge in [-0.3, -0.25) is 9.20 Å². The van der Waals surface area contributed by atoms with Crippen LogP contribution < -0.4 is 5.32 Å². The molecule has 0 aliphatic rings. The number of fused-ring (bicyclic) bond motifs is 1. The van der Waals surface area contributed by atoms with Crippen LogP contribution in [0.1, 0.15) is 26.0 Å². The summed E-state index contributed by atoms with van der Waals surface area (Å²) in [5.74, 6) is -0.355. The molecule has 0 aliphatic heterocycles. The average Bonchev–Trinajstić information content (AvgIpc) is 2.97. The van der Waals surface area contributed by atoms with Crippen LogP contribution in [0.15, 0.2) is 17.8 Å². The van der Waals surface area contributed by atoms with Gasteiger partial charge in [-0.1, -0.05) is 13.8 Å². The molecule has 0 radical (unpaired) electrons. The van der Waals surface area contributed by atoms with E-state index < -0.39 is 12.0 Å². The predicted molar refractivity (Wildman–Crippen MR) is 80.2 cm³/mol. The molecule has 1 N–H and O–H groups in total. The van der Waals surface area contributed by atoms with Gasteiger partial charge in [0, 0.05) is 17.8 Å². The average molecular weight is 309 g/mol. The van der Waals surface area contributed by atoms with Crippen LogP contribution in [0, 0.1) is 5.92 Å². The van der Waals surface area contributed by atoms with Gasteiger partial charge in [-0.05, 0) is 12.3 Å². The van der Waals surface area contributed by atoms with Gasteiger partial charge in [-0.25, -0.2) is 9.78 Å². The Morgan fingerprint density at radius 3 is 2.86 bits per heavy atom. The summed E-state index contributed by atoms with van der Waals surface area (Å²) in [5, 5.41) is 4.66. The highest BCUT2D eigenvalue weighted by atomic mass is 32.1. The zero-order chi connectivity index (χ0) is 15.4. The smallest absolute Gasteiger partial charge is 0.328 e. The third-order valence-corrected chi connectivity index (χ3v) is 3.78. The van der Waals surface area contributed by atoms with Crippen molar-refractivity contribution >= 4 is 28.2 Å². The van der Waals surface area contributed by atoms with Crippen LogP contribution in [-0.2, 0) is 20.7 Å². The van der Waals surface area contributed by atoms with Crippen molar-refractivity contribution in [2.45, 2.75) is 32.7 Å². The summed E-state index contributed by atoms with van der Waals surface area (Å²) in [6, 6.07) is -0.605. The zero-order valence-corrected chi connectivity index (χ0v) is 13.1. The lowest BCUT2D eigenvalue weighted by atomic mass is 10.0. The fourth-order valence-electron chi connectivity index (χ4n) is 2.10. The number of methoxy groups -OCH3 is 1. The quantitative estimate of drug-likeness (QED) is 0.823. The van der Waals surface area contributed by atoms with Crippen LogP contribution in [0.4, 0.5) is 0 Å². The number of ether oxygens (including phenoxy) is 1. The van der Waals surface area contributed by atoms with Crippen LogP contribution in [0.5, 0.6) is 0 Å². The molecule has 2 aromatic heterocycles. The highest BCUT2D eigenvalue weighted by Crippen LogP contribution is 2.12. The van der Waals surface area contributed by atoms with Crippen LogP contribution in [-0.4, -0.2) is 34.4 Å². The lowest BCUT2D eigenvalue weighted by Crippen LogP contribution is -2.43. The minimum atomic E-state index is -0.605. The topological polar surface area (TPSA) is 72.7 Å². The first-order chi connectivity index (χ1) is 9.99. The summed E-state index contributed by atoms with van der Waals surface area (Å²) in [5.41, 5.74) is 0.688. The molecule has 7 heteroatoms. The van der Waals surface area contributed by atoms with Crippen molar-refractivity contribution in [1.82, 2.24) is 14.7 Å². The van der Waals surface area contributed by atoms with Gasteiger partial charge in [-0.15, -0.1) is 11.3 Å². The molecule has 0 saturated heterocycles. The number of hydrogen-bond acceptors (Lipinski definition) is 5. The molecule has 0 saturated carbocycles. The molecule has 0 aliphatic carbocycles. The molecule has 0 fully saturated rings. The number of rotatable bonds is 6. The van der Waals surface area contributed by atoms with Crippen molar-refractivity contribution in [1.29, 1.82) is 0 Å². The lowest BCUT2D eigenvalue weighted by Gasteiger charge is -2.17. The predicted octanol–water partition coefficient (Wildman–Crippen LogP) is 1.64. The number of nitrogens with zero attached hydrogens (tertiary/aromatic N) is 2. The van der Waals surface area contributed by atoms with E-state index in [-0.39, 0.29) is 18.2 Å². The number of carbonyl (C=O) groups is 2. The maximum atomic E-state index is 12.1. The van der Waals surface area contributed by atoms with Crippen LogP contribution in [0.2, 0.25) is 0 Å². The number of thiazole rings is 1. The Morgan fingerprint density at radius 1 is 1.48 bits per heavy atom. The standard InChI is InChI=1S/C14H19N3O3S/c1-9(2)6-11(13(19)20-3)16-12(18)7-10-8-17-4-5-21-14(17)15-10/h4-5,8-9,11H,6-7H2,1-3H3,(H,16,18). The highest BCUT2D eigenvalue weighted by molar-refractivity contribution is 7.15. The number of aromatic nitrogens is 2. The Kier molecular flexibility index (Phi) is 4.95. The van der Waals surface area contributed by atoms with Crippen molar-refractivity contribution in [3.8, 4) is 0 Å². The van der Waals surface area contributed by atoms with Gasteiger partial charge in [0.15, 0.2) is 4.96 Å². The fraction of sp³-hybridized carbons (Fsp3) is 0.500. The fourth-order valence-corrected chi connectivity index (χ4v) is 2.82. The molecule has 2 aromatic rings. The molecule has 0 bridgehead atoms. The molecule has 114 valence electrons. The van der Waals surface area contributed by atoms with E-state index in [4.69, 9.17) is 4.74 Å². The van der Waals surface area contributed by atoms with Gasteiger partial charge >= 0.3 is 5.97 Å². The number of imidazole rings is 1. The first-order valence-electron chi connectivity index (χ1n) is 6.78. The lowest BCUT2D eigenvalue weighted by molar-refractivity contribution is -0.145. The molecular weight excluding hydrogens is 290 g/mol.